The number of hydrogen-bond donors (Lipinski definition) is 2. The molecule has 4 N–H and O–H groups in total. The molecular weight excluding hydrogens is 755 g/mol. The number of hydrogen-bond acceptors (Lipinski definition) is 14. The van der Waals surface area contributed by atoms with Crippen molar-refractivity contribution < 1.29 is 18.8 Å². The lowest BCUT2D eigenvalue weighted by atomic mass is 9.79. The van der Waals surface area contributed by atoms with Gasteiger partial charge in [-0.3, -0.25) is 0 Å². The van der Waals surface area contributed by atoms with Gasteiger partial charge in [0.25, 0.3) is 0 Å². The third-order valence-corrected chi connectivity index (χ3v) is 9.43. The zero-order valence-electron chi connectivity index (χ0n) is 32.0. The molecule has 0 aliphatic carbocycles. The molecule has 0 radical (unpaired) electrons. The molecule has 14 nitrogen and oxygen atoms in total. The Morgan fingerprint density at radius 1 is 0.569 bits per heavy atom. The monoisotopic (exact) mass is 792 g/mol. The van der Waals surface area contributed by atoms with Crippen molar-refractivity contribution in [3.05, 3.63) is 139 Å². The summed E-state index contributed by atoms with van der Waals surface area (Å²) < 4.78 is 23.6. The average molecular weight is 793 g/mol. The standard InChI is InChI=1S/C18H13N5O.C17H20BNO3.C7H5ClN4/c19-18-17-15(21-11-22-18)8-7-14(23-17)12-4-3-5-13(10-12)24-16-6-1-2-9-20-16;1-16(2)17(3,4)22-18(21-16)13-8-7-9-14(12-13)20-15-10-5-6-11-19-15;8-5-2-1-4-6(12-5)7(9)11-3-10-4/h1-11H,(H2,19,21,22);5-12H,1-4H3;1-3H,(H2,9,10,11). The van der Waals surface area contributed by atoms with Gasteiger partial charge in [0.2, 0.25) is 11.8 Å². The molecule has 2 aromatic carbocycles. The molecule has 0 amide bonds. The van der Waals surface area contributed by atoms with Crippen molar-refractivity contribution >= 4 is 57.9 Å². The fourth-order valence-corrected chi connectivity index (χ4v) is 5.68. The summed E-state index contributed by atoms with van der Waals surface area (Å²) in [6.45, 7) is 8.17. The summed E-state index contributed by atoms with van der Waals surface area (Å²) in [6, 6.07) is 33.6. The number of halogens is 1. The normalized spacial score (nSPS) is 13.8. The van der Waals surface area contributed by atoms with Gasteiger partial charge in [-0.25, -0.2) is 39.9 Å². The molecule has 1 fully saturated rings. The predicted molar refractivity (Wildman–Crippen MR) is 225 cm³/mol. The maximum Gasteiger partial charge on any atom is 0.494 e. The molecular formula is C42H38BClN10O4. The van der Waals surface area contributed by atoms with Crippen molar-refractivity contribution in [1.29, 1.82) is 0 Å². The van der Waals surface area contributed by atoms with E-state index in [1.165, 1.54) is 12.7 Å². The van der Waals surface area contributed by atoms with Crippen LogP contribution < -0.4 is 26.4 Å². The first-order valence-electron chi connectivity index (χ1n) is 18.1. The van der Waals surface area contributed by atoms with Gasteiger partial charge in [-0.15, -0.1) is 0 Å². The number of anilines is 2. The van der Waals surface area contributed by atoms with Crippen molar-refractivity contribution in [3.63, 3.8) is 0 Å². The Kier molecular flexibility index (Phi) is 11.7. The van der Waals surface area contributed by atoms with E-state index in [4.69, 9.17) is 41.9 Å². The maximum absolute atomic E-state index is 6.06. The zero-order chi connectivity index (χ0) is 40.7. The lowest BCUT2D eigenvalue weighted by Gasteiger charge is -2.32. The molecule has 0 spiro atoms. The second-order valence-corrected chi connectivity index (χ2v) is 14.2. The number of rotatable bonds is 6. The molecule has 6 aromatic heterocycles. The Balaban J connectivity index is 0.000000139. The van der Waals surface area contributed by atoms with Crippen LogP contribution in [-0.4, -0.2) is 58.2 Å². The van der Waals surface area contributed by atoms with Crippen LogP contribution in [-0.2, 0) is 9.31 Å². The SMILES string of the molecule is CC1(C)OB(c2cccc(Oc3ccccn3)c2)OC1(C)C.Nc1ncnc2ccc(-c3cccc(Oc4ccccn4)c3)nc12.Nc1ncnc2ccc(Cl)nc12. The summed E-state index contributed by atoms with van der Waals surface area (Å²) in [5, 5.41) is 0.393. The molecule has 8 aromatic rings. The Bertz CT molecular complexity index is 2640. The van der Waals surface area contributed by atoms with Crippen LogP contribution >= 0.6 is 11.6 Å². The zero-order valence-corrected chi connectivity index (χ0v) is 32.8. The van der Waals surface area contributed by atoms with Crippen LogP contribution in [0.3, 0.4) is 0 Å². The first-order chi connectivity index (χ1) is 27.9. The van der Waals surface area contributed by atoms with Gasteiger partial charge in [0.05, 0.1) is 27.9 Å². The molecule has 16 heteroatoms. The highest BCUT2D eigenvalue weighted by Crippen LogP contribution is 2.37. The van der Waals surface area contributed by atoms with Gasteiger partial charge < -0.3 is 30.2 Å². The van der Waals surface area contributed by atoms with Crippen molar-refractivity contribution in [2.24, 2.45) is 0 Å². The van der Waals surface area contributed by atoms with Crippen LogP contribution in [0.25, 0.3) is 33.3 Å². The Morgan fingerprint density at radius 3 is 1.71 bits per heavy atom. The molecule has 1 saturated heterocycles. The lowest BCUT2D eigenvalue weighted by Crippen LogP contribution is -2.41. The molecule has 290 valence electrons. The topological polar surface area (TPSA) is 192 Å². The maximum atomic E-state index is 6.06. The third-order valence-electron chi connectivity index (χ3n) is 9.22. The van der Waals surface area contributed by atoms with E-state index in [-0.39, 0.29) is 11.2 Å². The molecule has 1 aliphatic heterocycles. The van der Waals surface area contributed by atoms with Crippen LogP contribution in [0.4, 0.5) is 11.6 Å². The first kappa shape index (κ1) is 39.4. The Hall–Kier alpha value is -6.81. The molecule has 7 heterocycles. The minimum absolute atomic E-state index is 0.350. The highest BCUT2D eigenvalue weighted by Gasteiger charge is 2.51. The Morgan fingerprint density at radius 2 is 1.12 bits per heavy atom. The van der Waals surface area contributed by atoms with Crippen molar-refractivity contribution in [3.8, 4) is 34.5 Å². The molecule has 0 saturated carbocycles. The number of nitrogens with two attached hydrogens (primary N) is 2. The summed E-state index contributed by atoms with van der Waals surface area (Å²) in [6.07, 6.45) is 6.22. The number of nitrogen functional groups attached to an aromatic ring is 2. The number of aromatic nitrogens is 8. The Labute approximate surface area is 339 Å². The number of benzene rings is 2. The van der Waals surface area contributed by atoms with Crippen molar-refractivity contribution in [2.45, 2.75) is 38.9 Å². The average Bonchev–Trinajstić information content (AvgIpc) is 3.45. The molecule has 0 bridgehead atoms. The van der Waals surface area contributed by atoms with Crippen LogP contribution in [0.15, 0.2) is 134 Å². The third kappa shape index (κ3) is 9.41. The quantitative estimate of drug-likeness (QED) is 0.122. The summed E-state index contributed by atoms with van der Waals surface area (Å²) in [5.41, 5.74) is 15.9. The van der Waals surface area contributed by atoms with Gasteiger partial charge >= 0.3 is 7.12 Å². The molecule has 58 heavy (non-hydrogen) atoms. The van der Waals surface area contributed by atoms with Crippen molar-refractivity contribution in [1.82, 2.24) is 39.9 Å². The minimum Gasteiger partial charge on any atom is -0.439 e. The lowest BCUT2D eigenvalue weighted by molar-refractivity contribution is 0.00578. The number of ether oxygens (including phenoxy) is 2. The summed E-state index contributed by atoms with van der Waals surface area (Å²) in [7, 11) is -0.391. The highest BCUT2D eigenvalue weighted by atomic mass is 35.5. The van der Waals surface area contributed by atoms with E-state index in [0.29, 0.717) is 62.1 Å². The number of nitrogens with zero attached hydrogens (tertiary/aromatic N) is 8. The van der Waals surface area contributed by atoms with E-state index in [1.54, 1.807) is 30.6 Å². The van der Waals surface area contributed by atoms with Gasteiger partial charge in [0.15, 0.2) is 11.6 Å². The second-order valence-electron chi connectivity index (χ2n) is 13.8. The summed E-state index contributed by atoms with van der Waals surface area (Å²) in [5.74, 6) is 3.22. The van der Waals surface area contributed by atoms with Crippen LogP contribution in [0.5, 0.6) is 23.3 Å². The van der Waals surface area contributed by atoms with Crippen molar-refractivity contribution in [2.75, 3.05) is 11.5 Å². The molecule has 0 atom stereocenters. The minimum atomic E-state index is -0.391. The largest absolute Gasteiger partial charge is 0.494 e. The van der Waals surface area contributed by atoms with Gasteiger partial charge in [0, 0.05) is 30.1 Å². The summed E-state index contributed by atoms with van der Waals surface area (Å²) >= 11 is 5.67. The van der Waals surface area contributed by atoms with Gasteiger partial charge in [-0.2, -0.15) is 0 Å². The van der Waals surface area contributed by atoms with Gasteiger partial charge in [-0.05, 0) is 93.8 Å². The highest BCUT2D eigenvalue weighted by molar-refractivity contribution is 6.62. The van der Waals surface area contributed by atoms with E-state index in [0.717, 1.165) is 16.7 Å². The van der Waals surface area contributed by atoms with E-state index >= 15 is 0 Å². The first-order valence-corrected chi connectivity index (χ1v) is 18.5. The second kappa shape index (κ2) is 17.1. The van der Waals surface area contributed by atoms with E-state index in [9.17, 15) is 0 Å². The fourth-order valence-electron chi connectivity index (χ4n) is 5.53. The fraction of sp³-hybridized carbons (Fsp3) is 0.143. The smallest absolute Gasteiger partial charge is 0.439 e. The molecule has 1 aliphatic rings. The predicted octanol–water partition coefficient (Wildman–Crippen LogP) is 7.89. The summed E-state index contributed by atoms with van der Waals surface area (Å²) in [4.78, 5) is 32.8. The van der Waals surface area contributed by atoms with Gasteiger partial charge in [0.1, 0.15) is 40.3 Å². The van der Waals surface area contributed by atoms with Crippen LogP contribution in [0.2, 0.25) is 5.15 Å². The van der Waals surface area contributed by atoms with Crippen LogP contribution in [0.1, 0.15) is 27.7 Å². The number of pyridine rings is 4. The van der Waals surface area contributed by atoms with Gasteiger partial charge in [-0.1, -0.05) is 48.0 Å². The number of fused-ring (bicyclic) bond motifs is 2. The molecule has 0 unspecified atom stereocenters. The van der Waals surface area contributed by atoms with E-state index < -0.39 is 7.12 Å². The van der Waals surface area contributed by atoms with E-state index in [2.05, 4.69) is 39.9 Å². The van der Waals surface area contributed by atoms with Crippen LogP contribution in [0, 0.1) is 0 Å². The molecule has 9 rings (SSSR count). The van der Waals surface area contributed by atoms with E-state index in [1.807, 2.05) is 119 Å².